The molecule has 2 rings (SSSR count). The van der Waals surface area contributed by atoms with Gasteiger partial charge < -0.3 is 26.6 Å². The molecule has 1 aromatic heterocycles. The van der Waals surface area contributed by atoms with E-state index in [1.165, 1.54) is 0 Å². The van der Waals surface area contributed by atoms with E-state index >= 15 is 0 Å². The average molecular weight is 442 g/mol. The van der Waals surface area contributed by atoms with Crippen LogP contribution in [0.15, 0.2) is 35.1 Å². The number of pyridine rings is 1. The smallest absolute Gasteiger partial charge is 0.450 e. The molecule has 0 spiro atoms. The van der Waals surface area contributed by atoms with E-state index in [2.05, 4.69) is 41.7 Å². The van der Waals surface area contributed by atoms with Crippen molar-refractivity contribution in [3.63, 3.8) is 0 Å². The molecule has 1 aromatic carbocycles. The summed E-state index contributed by atoms with van der Waals surface area (Å²) in [6, 6.07) is 5.74. The molecule has 2 aromatic rings. The van der Waals surface area contributed by atoms with Crippen LogP contribution >= 0.6 is 27.5 Å². The molecule has 0 saturated heterocycles. The zero-order valence-corrected chi connectivity index (χ0v) is 16.3. The fraction of sp³-hybridized carbons (Fsp3) is 0.267. The van der Waals surface area contributed by atoms with Crippen LogP contribution in [0.2, 0.25) is 5.02 Å². The minimum Gasteiger partial charge on any atom is -0.450 e. The molecular formula is C15H22BrClN2O6. The summed E-state index contributed by atoms with van der Waals surface area (Å²) in [4.78, 5) is 21.2. The maximum absolute atomic E-state index is 8.56. The zero-order chi connectivity index (χ0) is 19.3. The molecule has 0 aliphatic carbocycles. The van der Waals surface area contributed by atoms with Crippen LogP contribution in [-0.2, 0) is 0 Å². The van der Waals surface area contributed by atoms with Crippen molar-refractivity contribution in [2.24, 2.45) is 5.92 Å². The highest BCUT2D eigenvalue weighted by Crippen LogP contribution is 2.24. The Bertz CT molecular complexity index is 632. The van der Waals surface area contributed by atoms with Crippen molar-refractivity contribution >= 4 is 50.6 Å². The number of rotatable bonds is 0. The fourth-order valence-corrected chi connectivity index (χ4v) is 1.77. The van der Waals surface area contributed by atoms with E-state index in [-0.39, 0.29) is 6.15 Å². The molecule has 0 radical (unpaired) electrons. The number of aromatic nitrogens is 1. The number of nitrogens with zero attached hydrogens (tertiary/aromatic N) is 1. The van der Waals surface area contributed by atoms with Gasteiger partial charge in [0.25, 0.3) is 0 Å². The van der Waals surface area contributed by atoms with Crippen molar-refractivity contribution in [1.29, 1.82) is 0 Å². The first-order valence-electron chi connectivity index (χ1n) is 6.49. The summed E-state index contributed by atoms with van der Waals surface area (Å²) in [5, 5.41) is 30.8. The number of hydrogen-bond acceptors (Lipinski definition) is 4. The van der Waals surface area contributed by atoms with Gasteiger partial charge in [-0.2, -0.15) is 0 Å². The number of carbonyl (C=O) groups is 2. The van der Waals surface area contributed by atoms with E-state index in [0.29, 0.717) is 0 Å². The van der Waals surface area contributed by atoms with E-state index in [1.807, 2.05) is 18.2 Å². The molecule has 0 atom stereocenters. The summed E-state index contributed by atoms with van der Waals surface area (Å²) >= 11 is 9.24. The third-order valence-electron chi connectivity index (χ3n) is 1.67. The van der Waals surface area contributed by atoms with Gasteiger partial charge >= 0.3 is 12.3 Å². The van der Waals surface area contributed by atoms with Gasteiger partial charge in [0.05, 0.1) is 0 Å². The zero-order valence-electron chi connectivity index (χ0n) is 14.0. The molecule has 0 fully saturated rings. The van der Waals surface area contributed by atoms with Gasteiger partial charge in [0.15, 0.2) is 0 Å². The lowest BCUT2D eigenvalue weighted by Gasteiger charge is -1.98. The van der Waals surface area contributed by atoms with Crippen molar-refractivity contribution in [3.05, 3.63) is 40.1 Å². The van der Waals surface area contributed by atoms with Gasteiger partial charge in [-0.1, -0.05) is 38.4 Å². The predicted molar refractivity (Wildman–Crippen MR) is 101 cm³/mol. The topological polar surface area (TPSA) is 163 Å². The lowest BCUT2D eigenvalue weighted by atomic mass is 10.2. The first-order chi connectivity index (χ1) is 11.0. The largest absolute Gasteiger partial charge is 0.503 e. The van der Waals surface area contributed by atoms with Crippen LogP contribution < -0.4 is 6.15 Å². The Kier molecular flexibility index (Phi) is 17.1. The summed E-state index contributed by atoms with van der Waals surface area (Å²) in [6.07, 6.45) is -0.0950. The Morgan fingerprint density at radius 1 is 1.04 bits per heavy atom. The molecule has 7 N–H and O–H groups in total. The molecule has 142 valence electrons. The summed E-state index contributed by atoms with van der Waals surface area (Å²) in [5.74, 6) is 0.833. The van der Waals surface area contributed by atoms with Crippen LogP contribution in [0.25, 0.3) is 10.8 Å². The number of benzene rings is 1. The van der Waals surface area contributed by atoms with Crippen molar-refractivity contribution in [2.45, 2.75) is 20.8 Å². The average Bonchev–Trinajstić information content (AvgIpc) is 2.36. The molecule has 25 heavy (non-hydrogen) atoms. The fourth-order valence-electron chi connectivity index (χ4n) is 1.11. The Morgan fingerprint density at radius 3 is 1.84 bits per heavy atom. The van der Waals surface area contributed by atoms with Crippen molar-refractivity contribution in [3.8, 4) is 0 Å². The number of halogens is 2. The highest BCUT2D eigenvalue weighted by atomic mass is 79.9. The molecule has 0 amide bonds. The molecule has 0 aliphatic rings. The molecule has 0 saturated carbocycles. The Hall–Kier alpha value is -2.10. The molecule has 10 heteroatoms. The molecule has 0 bridgehead atoms. The monoisotopic (exact) mass is 440 g/mol. The Morgan fingerprint density at radius 2 is 1.44 bits per heavy atom. The second-order valence-corrected chi connectivity index (χ2v) is 6.07. The van der Waals surface area contributed by atoms with Gasteiger partial charge in [-0.3, -0.25) is 4.98 Å². The van der Waals surface area contributed by atoms with Crippen LogP contribution in [-0.4, -0.2) is 37.7 Å². The van der Waals surface area contributed by atoms with Crippen molar-refractivity contribution < 1.29 is 30.0 Å². The van der Waals surface area contributed by atoms with Gasteiger partial charge in [0, 0.05) is 27.3 Å². The summed E-state index contributed by atoms with van der Waals surface area (Å²) in [5.41, 5.74) is 0. The highest BCUT2D eigenvalue weighted by Gasteiger charge is 1.98. The molecule has 8 nitrogen and oxygen atoms in total. The lowest BCUT2D eigenvalue weighted by Crippen LogP contribution is -1.81. The van der Waals surface area contributed by atoms with Gasteiger partial charge in [-0.25, -0.2) is 9.59 Å². The van der Waals surface area contributed by atoms with Crippen LogP contribution in [0, 0.1) is 5.92 Å². The van der Waals surface area contributed by atoms with E-state index in [9.17, 15) is 0 Å². The highest BCUT2D eigenvalue weighted by molar-refractivity contribution is 9.10. The molecule has 0 unspecified atom stereocenters. The molecule has 1 heterocycles. The van der Waals surface area contributed by atoms with Gasteiger partial charge in [0.1, 0.15) is 0 Å². The first kappa shape index (κ1) is 27.7. The second kappa shape index (κ2) is 15.4. The van der Waals surface area contributed by atoms with Gasteiger partial charge in [0.2, 0.25) is 0 Å². The quantitative estimate of drug-likeness (QED) is 0.336. The van der Waals surface area contributed by atoms with Crippen LogP contribution in [0.1, 0.15) is 20.8 Å². The Balaban J connectivity index is -0.000000314. The third kappa shape index (κ3) is 19.9. The minimum absolute atomic E-state index is 0. The van der Waals surface area contributed by atoms with E-state index in [1.54, 1.807) is 12.4 Å². The molecular weight excluding hydrogens is 420 g/mol. The lowest BCUT2D eigenvalue weighted by molar-refractivity contribution is 0.135. The maximum Gasteiger partial charge on any atom is 0.503 e. The van der Waals surface area contributed by atoms with Crippen molar-refractivity contribution in [2.75, 3.05) is 0 Å². The number of carboxylic acid groups (broad SMARTS) is 4. The summed E-state index contributed by atoms with van der Waals surface area (Å²) < 4.78 is 0.997. The van der Waals surface area contributed by atoms with Crippen molar-refractivity contribution in [1.82, 2.24) is 11.1 Å². The van der Waals surface area contributed by atoms with E-state index in [0.717, 1.165) is 26.2 Å². The van der Waals surface area contributed by atoms with Gasteiger partial charge in [-0.05, 0) is 39.4 Å². The van der Waals surface area contributed by atoms with E-state index in [4.69, 9.17) is 41.6 Å². The minimum atomic E-state index is -1.83. The second-order valence-electron chi connectivity index (χ2n) is 4.78. The molecule has 0 aliphatic heterocycles. The van der Waals surface area contributed by atoms with Crippen LogP contribution in [0.4, 0.5) is 9.59 Å². The van der Waals surface area contributed by atoms with Crippen LogP contribution in [0.5, 0.6) is 0 Å². The SMILES string of the molecule is CC(C)C.Clc1ccc2c(Br)cncc2c1.N.O=C(O)O.O=C(O)O. The predicted octanol–water partition coefficient (Wildman–Crippen LogP) is 5.92. The Labute approximate surface area is 158 Å². The number of hydrogen-bond donors (Lipinski definition) is 5. The van der Waals surface area contributed by atoms with Crippen LogP contribution in [0.3, 0.4) is 0 Å². The van der Waals surface area contributed by atoms with Gasteiger partial charge in [-0.15, -0.1) is 0 Å². The third-order valence-corrected chi connectivity index (χ3v) is 2.54. The normalized spacial score (nSPS) is 8.40. The number of fused-ring (bicyclic) bond motifs is 1. The summed E-state index contributed by atoms with van der Waals surface area (Å²) in [6.45, 7) is 6.50. The standard InChI is InChI=1S/C9H5BrClN.C4H10.2CH2O3.H3N/c10-9-5-12-4-6-3-7(11)1-2-8(6)9;1-4(2)3;2*2-1(3)4;/h1-5H;4H,1-3H3;2*(H2,2,3,4);1H3. The maximum atomic E-state index is 8.56. The first-order valence-corrected chi connectivity index (χ1v) is 7.67. The van der Waals surface area contributed by atoms with E-state index < -0.39 is 12.3 Å². The summed E-state index contributed by atoms with van der Waals surface area (Å²) in [7, 11) is 0.